The molecule has 1 aromatic rings. The van der Waals surface area contributed by atoms with Gasteiger partial charge in [-0.05, 0) is 28.1 Å². The van der Waals surface area contributed by atoms with Crippen molar-refractivity contribution in [1.82, 2.24) is 0 Å². The van der Waals surface area contributed by atoms with Crippen molar-refractivity contribution in [2.24, 2.45) is 0 Å². The number of halogens is 4. The minimum Gasteiger partial charge on any atom is -0.492 e. The molecule has 0 aliphatic carbocycles. The predicted octanol–water partition coefficient (Wildman–Crippen LogP) is 3.28. The Kier molecular flexibility index (Phi) is 2.54. The quantitative estimate of drug-likeness (QED) is 0.787. The molecule has 0 radical (unpaired) electrons. The van der Waals surface area contributed by atoms with Crippen LogP contribution in [0.4, 0.5) is 13.2 Å². The first-order valence-corrected chi connectivity index (χ1v) is 4.96. The van der Waals surface area contributed by atoms with Crippen LogP contribution < -0.4 is 9.47 Å². The number of hydrogen-bond acceptors (Lipinski definition) is 2. The third kappa shape index (κ3) is 2.37. The Bertz CT molecular complexity index is 390. The van der Waals surface area contributed by atoms with Gasteiger partial charge in [-0.15, -0.1) is 13.2 Å². The summed E-state index contributed by atoms with van der Waals surface area (Å²) in [5.74, 6) is 0.378. The average Bonchev–Trinajstić information content (AvgIpc) is 2.48. The molecule has 2 nitrogen and oxygen atoms in total. The van der Waals surface area contributed by atoms with Gasteiger partial charge in [-0.25, -0.2) is 0 Å². The summed E-state index contributed by atoms with van der Waals surface area (Å²) in [6.45, 7) is 0.489. The summed E-state index contributed by atoms with van der Waals surface area (Å²) in [5, 5.41) is 0. The van der Waals surface area contributed by atoms with Gasteiger partial charge in [0.15, 0.2) is 0 Å². The van der Waals surface area contributed by atoms with E-state index >= 15 is 0 Å². The highest BCUT2D eigenvalue weighted by Crippen LogP contribution is 2.38. The lowest BCUT2D eigenvalue weighted by Gasteiger charge is -2.10. The number of hydrogen-bond donors (Lipinski definition) is 0. The summed E-state index contributed by atoms with van der Waals surface area (Å²) in [6.07, 6.45) is -4.06. The zero-order chi connectivity index (χ0) is 11.1. The van der Waals surface area contributed by atoms with Gasteiger partial charge >= 0.3 is 6.36 Å². The van der Waals surface area contributed by atoms with Crippen molar-refractivity contribution in [2.45, 2.75) is 12.8 Å². The van der Waals surface area contributed by atoms with Crippen LogP contribution in [0.25, 0.3) is 0 Å². The van der Waals surface area contributed by atoms with E-state index in [-0.39, 0.29) is 5.75 Å². The second-order valence-electron chi connectivity index (χ2n) is 3.04. The van der Waals surface area contributed by atoms with E-state index in [4.69, 9.17) is 4.74 Å². The highest BCUT2D eigenvalue weighted by molar-refractivity contribution is 9.10. The molecule has 82 valence electrons. The molecule has 0 aromatic heterocycles. The van der Waals surface area contributed by atoms with Gasteiger partial charge in [0.1, 0.15) is 11.5 Å². The van der Waals surface area contributed by atoms with Crippen LogP contribution in [0.3, 0.4) is 0 Å². The van der Waals surface area contributed by atoms with Crippen LogP contribution in [-0.2, 0) is 6.42 Å². The standard InChI is InChI=1S/C9H6BrF3O2/c10-7-4-6(15-9(11,12)13)3-5-1-2-14-8(5)7/h3-4H,1-2H2. The number of ether oxygens (including phenoxy) is 2. The Balaban J connectivity index is 2.32. The highest BCUT2D eigenvalue weighted by Gasteiger charge is 2.32. The molecule has 0 atom stereocenters. The maximum absolute atomic E-state index is 12.0. The maximum atomic E-state index is 12.0. The van der Waals surface area contributed by atoms with Crippen molar-refractivity contribution in [3.63, 3.8) is 0 Å². The molecule has 15 heavy (non-hydrogen) atoms. The van der Waals surface area contributed by atoms with Crippen molar-refractivity contribution in [2.75, 3.05) is 6.61 Å². The van der Waals surface area contributed by atoms with Gasteiger partial charge in [0.25, 0.3) is 0 Å². The summed E-state index contributed by atoms with van der Waals surface area (Å²) < 4.78 is 45.4. The minimum absolute atomic E-state index is 0.223. The van der Waals surface area contributed by atoms with Crippen LogP contribution in [-0.4, -0.2) is 13.0 Å². The fraction of sp³-hybridized carbons (Fsp3) is 0.333. The second kappa shape index (κ2) is 3.59. The van der Waals surface area contributed by atoms with Gasteiger partial charge < -0.3 is 9.47 Å². The Morgan fingerprint density at radius 3 is 2.73 bits per heavy atom. The number of benzene rings is 1. The lowest BCUT2D eigenvalue weighted by Crippen LogP contribution is -2.17. The zero-order valence-electron chi connectivity index (χ0n) is 7.40. The predicted molar refractivity (Wildman–Crippen MR) is 50.0 cm³/mol. The first-order valence-electron chi connectivity index (χ1n) is 4.17. The molecule has 1 heterocycles. The second-order valence-corrected chi connectivity index (χ2v) is 3.89. The fourth-order valence-corrected chi connectivity index (χ4v) is 2.02. The maximum Gasteiger partial charge on any atom is 0.573 e. The summed E-state index contributed by atoms with van der Waals surface area (Å²) in [5.41, 5.74) is 0.726. The minimum atomic E-state index is -4.66. The van der Waals surface area contributed by atoms with Crippen molar-refractivity contribution in [3.8, 4) is 11.5 Å². The van der Waals surface area contributed by atoms with Gasteiger partial charge in [0.2, 0.25) is 0 Å². The van der Waals surface area contributed by atoms with Gasteiger partial charge in [0.05, 0.1) is 11.1 Å². The molecule has 0 saturated carbocycles. The van der Waals surface area contributed by atoms with Gasteiger partial charge in [-0.3, -0.25) is 0 Å². The monoisotopic (exact) mass is 282 g/mol. The van der Waals surface area contributed by atoms with E-state index in [1.165, 1.54) is 12.1 Å². The largest absolute Gasteiger partial charge is 0.573 e. The topological polar surface area (TPSA) is 18.5 Å². The van der Waals surface area contributed by atoms with Crippen LogP contribution in [0.5, 0.6) is 11.5 Å². The van der Waals surface area contributed by atoms with Crippen LogP contribution in [0.2, 0.25) is 0 Å². The van der Waals surface area contributed by atoms with Gasteiger partial charge in [0, 0.05) is 12.0 Å². The van der Waals surface area contributed by atoms with E-state index in [1.807, 2.05) is 0 Å². The SMILES string of the molecule is FC(F)(F)Oc1cc(Br)c2c(c1)CCO2. The first-order chi connectivity index (χ1) is 6.96. The van der Waals surface area contributed by atoms with Gasteiger partial charge in [-0.1, -0.05) is 0 Å². The molecule has 2 rings (SSSR count). The molecule has 0 fully saturated rings. The van der Waals surface area contributed by atoms with Crippen LogP contribution in [0.1, 0.15) is 5.56 Å². The third-order valence-electron chi connectivity index (χ3n) is 1.95. The Hall–Kier alpha value is -0.910. The van der Waals surface area contributed by atoms with Crippen LogP contribution in [0.15, 0.2) is 16.6 Å². The van der Waals surface area contributed by atoms with Crippen molar-refractivity contribution >= 4 is 15.9 Å². The van der Waals surface area contributed by atoms with Crippen molar-refractivity contribution in [3.05, 3.63) is 22.2 Å². The molecular weight excluding hydrogens is 277 g/mol. The van der Waals surface area contributed by atoms with Gasteiger partial charge in [-0.2, -0.15) is 0 Å². The Labute approximate surface area is 92.1 Å². The Morgan fingerprint density at radius 1 is 1.33 bits per heavy atom. The molecule has 0 amide bonds. The molecule has 0 spiro atoms. The fourth-order valence-electron chi connectivity index (χ4n) is 1.43. The molecule has 0 N–H and O–H groups in total. The summed E-state index contributed by atoms with van der Waals surface area (Å²) >= 11 is 3.13. The van der Waals surface area contributed by atoms with E-state index in [1.54, 1.807) is 0 Å². The molecule has 0 saturated heterocycles. The molecule has 0 unspecified atom stereocenters. The lowest BCUT2D eigenvalue weighted by atomic mass is 10.1. The average molecular weight is 283 g/mol. The van der Waals surface area contributed by atoms with E-state index in [0.29, 0.717) is 23.2 Å². The van der Waals surface area contributed by atoms with E-state index in [2.05, 4.69) is 20.7 Å². The van der Waals surface area contributed by atoms with Crippen LogP contribution in [0, 0.1) is 0 Å². The van der Waals surface area contributed by atoms with Crippen LogP contribution >= 0.6 is 15.9 Å². The van der Waals surface area contributed by atoms with E-state index < -0.39 is 6.36 Å². The third-order valence-corrected chi connectivity index (χ3v) is 2.53. The molecule has 0 bridgehead atoms. The normalized spacial score (nSPS) is 14.7. The van der Waals surface area contributed by atoms with E-state index in [9.17, 15) is 13.2 Å². The Morgan fingerprint density at radius 2 is 2.07 bits per heavy atom. The number of alkyl halides is 3. The molecule has 1 aromatic carbocycles. The van der Waals surface area contributed by atoms with Crippen molar-refractivity contribution < 1.29 is 22.6 Å². The summed E-state index contributed by atoms with van der Waals surface area (Å²) in [6, 6.07) is 2.60. The zero-order valence-corrected chi connectivity index (χ0v) is 8.98. The molecule has 1 aliphatic heterocycles. The smallest absolute Gasteiger partial charge is 0.492 e. The lowest BCUT2D eigenvalue weighted by molar-refractivity contribution is -0.274. The molecular formula is C9H6BrF3O2. The number of rotatable bonds is 1. The summed E-state index contributed by atoms with van der Waals surface area (Å²) in [7, 11) is 0. The molecule has 1 aliphatic rings. The summed E-state index contributed by atoms with van der Waals surface area (Å²) in [4.78, 5) is 0. The first kappa shape index (κ1) is 10.6. The van der Waals surface area contributed by atoms with E-state index in [0.717, 1.165) is 5.56 Å². The van der Waals surface area contributed by atoms with Crippen molar-refractivity contribution in [1.29, 1.82) is 0 Å². The molecule has 6 heteroatoms. The highest BCUT2D eigenvalue weighted by atomic mass is 79.9. The number of fused-ring (bicyclic) bond motifs is 1.